The fourth-order valence-electron chi connectivity index (χ4n) is 3.63. The monoisotopic (exact) mass is 495 g/mol. The molecular formula is C22H20Cl3N3O2S. The number of primary amides is 1. The maximum absolute atomic E-state index is 12.7. The number of amides is 2. The molecule has 1 aromatic heterocycles. The van der Waals surface area contributed by atoms with Crippen LogP contribution in [-0.4, -0.2) is 23.3 Å². The number of nitrogens with two attached hydrogens (primary N) is 1. The minimum atomic E-state index is -0.540. The summed E-state index contributed by atoms with van der Waals surface area (Å²) in [5.41, 5.74) is 8.51. The lowest BCUT2D eigenvalue weighted by molar-refractivity contribution is 0.0999. The first kappa shape index (κ1) is 23.6. The zero-order valence-electron chi connectivity index (χ0n) is 16.4. The summed E-state index contributed by atoms with van der Waals surface area (Å²) in [6.07, 6.45) is 0.703. The third-order valence-electron chi connectivity index (χ3n) is 5.03. The van der Waals surface area contributed by atoms with E-state index < -0.39 is 11.8 Å². The lowest BCUT2D eigenvalue weighted by Crippen LogP contribution is -2.30. The Morgan fingerprint density at radius 2 is 1.87 bits per heavy atom. The molecule has 0 radical (unpaired) electrons. The number of hydrogen-bond acceptors (Lipinski definition) is 4. The van der Waals surface area contributed by atoms with Crippen molar-refractivity contribution in [2.45, 2.75) is 19.5 Å². The van der Waals surface area contributed by atoms with E-state index in [1.165, 1.54) is 23.0 Å². The zero-order chi connectivity index (χ0) is 21.3. The standard InChI is InChI=1S/C22H19Cl2N3O2S.ClH/c23-14-6-7-15(17(24)10-14)21(29)26-22-19(20(25)28)16-8-9-27(12-18(16)30-22)11-13-4-2-1-3-5-13;/h1-7,10H,8-9,11-12H2,(H2,25,28)(H,26,29);1H. The van der Waals surface area contributed by atoms with Crippen LogP contribution >= 0.6 is 46.9 Å². The Morgan fingerprint density at radius 3 is 2.55 bits per heavy atom. The lowest BCUT2D eigenvalue weighted by Gasteiger charge is -2.27. The van der Waals surface area contributed by atoms with Crippen LogP contribution in [0.1, 0.15) is 36.7 Å². The molecule has 0 atom stereocenters. The molecule has 31 heavy (non-hydrogen) atoms. The molecule has 3 N–H and O–H groups in total. The van der Waals surface area contributed by atoms with Crippen molar-refractivity contribution in [1.29, 1.82) is 0 Å². The molecule has 0 fully saturated rings. The molecule has 0 bridgehead atoms. The molecule has 0 saturated carbocycles. The summed E-state index contributed by atoms with van der Waals surface area (Å²) < 4.78 is 0. The zero-order valence-corrected chi connectivity index (χ0v) is 19.5. The summed E-state index contributed by atoms with van der Waals surface area (Å²) in [7, 11) is 0. The highest BCUT2D eigenvalue weighted by Crippen LogP contribution is 2.37. The molecule has 0 saturated heterocycles. The molecule has 2 aromatic carbocycles. The van der Waals surface area contributed by atoms with Gasteiger partial charge in [0.2, 0.25) is 0 Å². The molecule has 4 rings (SSSR count). The number of benzene rings is 2. The smallest absolute Gasteiger partial charge is 0.257 e. The van der Waals surface area contributed by atoms with Gasteiger partial charge in [0, 0.05) is 29.5 Å². The van der Waals surface area contributed by atoms with Crippen LogP contribution in [-0.2, 0) is 19.5 Å². The number of nitrogens with one attached hydrogen (secondary N) is 1. The summed E-state index contributed by atoms with van der Waals surface area (Å²) in [6, 6.07) is 14.9. The average molecular weight is 497 g/mol. The maximum atomic E-state index is 12.7. The highest BCUT2D eigenvalue weighted by atomic mass is 35.5. The maximum Gasteiger partial charge on any atom is 0.257 e. The molecule has 1 aliphatic heterocycles. The summed E-state index contributed by atoms with van der Waals surface area (Å²) in [5.74, 6) is -0.944. The van der Waals surface area contributed by atoms with Crippen molar-refractivity contribution in [2.75, 3.05) is 11.9 Å². The summed E-state index contributed by atoms with van der Waals surface area (Å²) in [5, 5.41) is 3.98. The van der Waals surface area contributed by atoms with E-state index in [1.807, 2.05) is 18.2 Å². The summed E-state index contributed by atoms with van der Waals surface area (Å²) in [6.45, 7) is 2.34. The predicted molar refractivity (Wildman–Crippen MR) is 129 cm³/mol. The van der Waals surface area contributed by atoms with Gasteiger partial charge >= 0.3 is 0 Å². The number of rotatable bonds is 5. The minimum Gasteiger partial charge on any atom is -0.365 e. The van der Waals surface area contributed by atoms with Gasteiger partial charge in [0.1, 0.15) is 5.00 Å². The van der Waals surface area contributed by atoms with Gasteiger partial charge in [-0.25, -0.2) is 0 Å². The first-order valence-electron chi connectivity index (χ1n) is 9.39. The van der Waals surface area contributed by atoms with E-state index in [0.29, 0.717) is 28.6 Å². The third kappa shape index (κ3) is 5.22. The van der Waals surface area contributed by atoms with Crippen molar-refractivity contribution in [3.05, 3.63) is 85.7 Å². The normalized spacial score (nSPS) is 13.2. The Labute approximate surface area is 200 Å². The minimum absolute atomic E-state index is 0. The fourth-order valence-corrected chi connectivity index (χ4v) is 5.41. The van der Waals surface area contributed by atoms with Gasteiger partial charge in [-0.1, -0.05) is 53.5 Å². The van der Waals surface area contributed by atoms with Gasteiger partial charge in [-0.3, -0.25) is 14.5 Å². The molecule has 2 heterocycles. The number of carbonyl (C=O) groups excluding carboxylic acids is 2. The first-order chi connectivity index (χ1) is 14.4. The molecule has 2 amide bonds. The fraction of sp³-hybridized carbons (Fsp3) is 0.182. The molecule has 1 aliphatic rings. The van der Waals surface area contributed by atoms with Crippen LogP contribution in [0.3, 0.4) is 0 Å². The molecule has 0 spiro atoms. The topological polar surface area (TPSA) is 75.4 Å². The molecule has 3 aromatic rings. The highest BCUT2D eigenvalue weighted by molar-refractivity contribution is 7.17. The van der Waals surface area contributed by atoms with E-state index in [-0.39, 0.29) is 23.0 Å². The Hall–Kier alpha value is -2.09. The Morgan fingerprint density at radius 1 is 1.13 bits per heavy atom. The summed E-state index contributed by atoms with van der Waals surface area (Å²) >= 11 is 13.5. The van der Waals surface area contributed by atoms with E-state index in [0.717, 1.165) is 23.5 Å². The number of fused-ring (bicyclic) bond motifs is 1. The van der Waals surface area contributed by atoms with Crippen LogP contribution in [0.15, 0.2) is 48.5 Å². The summed E-state index contributed by atoms with van der Waals surface area (Å²) in [4.78, 5) is 28.3. The van der Waals surface area contributed by atoms with E-state index >= 15 is 0 Å². The Bertz CT molecular complexity index is 1120. The van der Waals surface area contributed by atoms with E-state index in [2.05, 4.69) is 22.3 Å². The molecule has 5 nitrogen and oxygen atoms in total. The second-order valence-corrected chi connectivity index (χ2v) is 9.05. The first-order valence-corrected chi connectivity index (χ1v) is 11.0. The second kappa shape index (κ2) is 10.0. The quantitative estimate of drug-likeness (QED) is 0.497. The number of anilines is 1. The number of halogens is 3. The number of nitrogens with zero attached hydrogens (tertiary/aromatic N) is 1. The molecule has 9 heteroatoms. The number of hydrogen-bond donors (Lipinski definition) is 2. The van der Waals surface area contributed by atoms with Gasteiger partial charge in [0.05, 0.1) is 16.1 Å². The van der Waals surface area contributed by atoms with Crippen molar-refractivity contribution in [1.82, 2.24) is 4.90 Å². The second-order valence-electron chi connectivity index (χ2n) is 7.10. The predicted octanol–water partition coefficient (Wildman–Crippen LogP) is 5.39. The largest absolute Gasteiger partial charge is 0.365 e. The lowest BCUT2D eigenvalue weighted by atomic mass is 10.0. The van der Waals surface area contributed by atoms with Crippen molar-refractivity contribution in [3.8, 4) is 0 Å². The van der Waals surface area contributed by atoms with Crippen LogP contribution in [0.4, 0.5) is 5.00 Å². The van der Waals surface area contributed by atoms with E-state index in [9.17, 15) is 9.59 Å². The van der Waals surface area contributed by atoms with Gasteiger partial charge in [-0.2, -0.15) is 0 Å². The average Bonchev–Trinajstić information content (AvgIpc) is 3.05. The highest BCUT2D eigenvalue weighted by Gasteiger charge is 2.28. The SMILES string of the molecule is Cl.NC(=O)c1c(NC(=O)c2ccc(Cl)cc2Cl)sc2c1CCN(Cc1ccccc1)C2. The third-order valence-corrected chi connectivity index (χ3v) is 6.71. The molecular weight excluding hydrogens is 477 g/mol. The Kier molecular flexibility index (Phi) is 7.62. The molecule has 162 valence electrons. The van der Waals surface area contributed by atoms with Crippen LogP contribution in [0.25, 0.3) is 0 Å². The van der Waals surface area contributed by atoms with Crippen molar-refractivity contribution >= 4 is 63.8 Å². The van der Waals surface area contributed by atoms with Gasteiger partial charge < -0.3 is 11.1 Å². The molecule has 0 unspecified atom stereocenters. The van der Waals surface area contributed by atoms with Crippen molar-refractivity contribution in [2.24, 2.45) is 5.73 Å². The molecule has 0 aliphatic carbocycles. The van der Waals surface area contributed by atoms with E-state index in [4.69, 9.17) is 28.9 Å². The van der Waals surface area contributed by atoms with Gasteiger partial charge in [-0.15, -0.1) is 23.7 Å². The van der Waals surface area contributed by atoms with Crippen LogP contribution < -0.4 is 11.1 Å². The van der Waals surface area contributed by atoms with Gasteiger partial charge in [-0.05, 0) is 35.7 Å². The van der Waals surface area contributed by atoms with Crippen molar-refractivity contribution < 1.29 is 9.59 Å². The number of thiophene rings is 1. The number of carbonyl (C=O) groups is 2. The van der Waals surface area contributed by atoms with Crippen LogP contribution in [0.2, 0.25) is 10.0 Å². The van der Waals surface area contributed by atoms with Gasteiger partial charge in [0.15, 0.2) is 0 Å². The van der Waals surface area contributed by atoms with Crippen LogP contribution in [0.5, 0.6) is 0 Å². The Balaban J connectivity index is 0.00000272. The van der Waals surface area contributed by atoms with Gasteiger partial charge in [0.25, 0.3) is 11.8 Å². The van der Waals surface area contributed by atoms with Crippen LogP contribution in [0, 0.1) is 0 Å². The van der Waals surface area contributed by atoms with E-state index in [1.54, 1.807) is 12.1 Å². The van der Waals surface area contributed by atoms with Crippen molar-refractivity contribution in [3.63, 3.8) is 0 Å².